The van der Waals surface area contributed by atoms with Crippen LogP contribution >= 0.6 is 11.6 Å². The highest BCUT2D eigenvalue weighted by Gasteiger charge is 2.48. The van der Waals surface area contributed by atoms with Gasteiger partial charge in [0.25, 0.3) is 0 Å². The summed E-state index contributed by atoms with van der Waals surface area (Å²) in [4.78, 5) is 41.9. The second-order valence-electron chi connectivity index (χ2n) is 16.9. The van der Waals surface area contributed by atoms with Crippen LogP contribution in [0, 0.1) is 17.8 Å². The predicted molar refractivity (Wildman–Crippen MR) is 243 cm³/mol. The predicted octanol–water partition coefficient (Wildman–Crippen LogP) is 11.1. The van der Waals surface area contributed by atoms with Gasteiger partial charge in [-0.15, -0.1) is 0 Å². The molecule has 1 aliphatic carbocycles. The normalized spacial score (nSPS) is 15.3. The highest BCUT2D eigenvalue weighted by molar-refractivity contribution is 6.31. The summed E-state index contributed by atoms with van der Waals surface area (Å²) in [5.74, 6) is -0.888. The molecule has 2 unspecified atom stereocenters. The van der Waals surface area contributed by atoms with Gasteiger partial charge >= 0.3 is 12.1 Å². The van der Waals surface area contributed by atoms with Gasteiger partial charge in [0, 0.05) is 34.4 Å². The molecule has 0 radical (unpaired) electrons. The molecule has 9 heteroatoms. The Labute approximate surface area is 365 Å². The third kappa shape index (κ3) is 10.5. The molecule has 0 saturated carbocycles. The number of amides is 2. The van der Waals surface area contributed by atoms with E-state index in [9.17, 15) is 14.4 Å². The first-order valence-electron chi connectivity index (χ1n) is 21.0. The van der Waals surface area contributed by atoms with E-state index in [2.05, 4.69) is 49.6 Å². The fraction of sp³-hybridized carbons (Fsp3) is 0.327. The lowest BCUT2D eigenvalue weighted by Gasteiger charge is -2.44. The minimum atomic E-state index is -1.36. The second-order valence-corrected chi connectivity index (χ2v) is 17.3. The number of carbonyl (C=O) groups excluding carboxylic acids is 3. The smallest absolute Gasteiger partial charge is 0.407 e. The number of esters is 1. The number of hydrogen-bond acceptors (Lipinski definition) is 6. The Kier molecular flexibility index (Phi) is 14.4. The van der Waals surface area contributed by atoms with E-state index in [1.165, 1.54) is 0 Å². The van der Waals surface area contributed by atoms with E-state index in [1.807, 2.05) is 143 Å². The van der Waals surface area contributed by atoms with Crippen molar-refractivity contribution in [3.8, 4) is 16.9 Å². The molecule has 5 aromatic rings. The molecule has 5 atom stereocenters. The Morgan fingerprint density at radius 2 is 1.36 bits per heavy atom. The number of rotatable bonds is 16. The SMILES string of the molecule is C/C=C\C(C)[C@@H](C)[C@H](C)C(OC(=O)[C@H](Cc1ccc(OC(C)(C)C)cc1)NC(=O)CNC(=O)OCC1c2ccccc2-c2ccccc21)(c1ccccc1)c1ccccc1Cl. The fourth-order valence-corrected chi connectivity index (χ4v) is 8.65. The number of alkyl carbamates (subject to hydrolysis) is 1. The van der Waals surface area contributed by atoms with Crippen molar-refractivity contribution in [3.05, 3.63) is 172 Å². The van der Waals surface area contributed by atoms with Gasteiger partial charge in [0.2, 0.25) is 5.91 Å². The zero-order chi connectivity index (χ0) is 43.7. The Hall–Kier alpha value is -5.86. The van der Waals surface area contributed by atoms with Crippen LogP contribution in [0.25, 0.3) is 11.1 Å². The summed E-state index contributed by atoms with van der Waals surface area (Å²) in [5, 5.41) is 5.92. The van der Waals surface area contributed by atoms with Crippen molar-refractivity contribution in [1.29, 1.82) is 0 Å². The van der Waals surface area contributed by atoms with Crippen LogP contribution in [0.2, 0.25) is 5.02 Å². The molecule has 1 aliphatic rings. The van der Waals surface area contributed by atoms with Crippen molar-refractivity contribution in [1.82, 2.24) is 10.6 Å². The Balaban J connectivity index is 1.26. The molecule has 5 aromatic carbocycles. The molecule has 61 heavy (non-hydrogen) atoms. The van der Waals surface area contributed by atoms with Crippen LogP contribution in [0.3, 0.4) is 0 Å². The summed E-state index contributed by atoms with van der Waals surface area (Å²) in [6.07, 6.45) is 3.52. The second kappa shape index (κ2) is 19.7. The molecule has 0 saturated heterocycles. The van der Waals surface area contributed by atoms with Crippen molar-refractivity contribution in [2.24, 2.45) is 17.8 Å². The number of ether oxygens (including phenoxy) is 3. The molecule has 0 heterocycles. The fourth-order valence-electron chi connectivity index (χ4n) is 8.38. The summed E-state index contributed by atoms with van der Waals surface area (Å²) in [7, 11) is 0. The van der Waals surface area contributed by atoms with Crippen LogP contribution in [0.5, 0.6) is 5.75 Å². The van der Waals surface area contributed by atoms with E-state index >= 15 is 0 Å². The number of fused-ring (bicyclic) bond motifs is 3. The summed E-state index contributed by atoms with van der Waals surface area (Å²) in [6, 6.07) is 39.5. The van der Waals surface area contributed by atoms with E-state index in [1.54, 1.807) is 6.07 Å². The number of nitrogens with one attached hydrogen (secondary N) is 2. The Bertz CT molecular complexity index is 2280. The molecular weight excluding hydrogens is 784 g/mol. The van der Waals surface area contributed by atoms with Gasteiger partial charge in [0.05, 0.1) is 0 Å². The van der Waals surface area contributed by atoms with E-state index in [4.69, 9.17) is 25.8 Å². The lowest BCUT2D eigenvalue weighted by Crippen LogP contribution is -2.51. The summed E-state index contributed by atoms with van der Waals surface area (Å²) >= 11 is 7.03. The summed E-state index contributed by atoms with van der Waals surface area (Å²) < 4.78 is 18.6. The molecular formula is C52H57ClN2O6. The summed E-state index contributed by atoms with van der Waals surface area (Å²) in [6.45, 7) is 13.9. The monoisotopic (exact) mass is 840 g/mol. The van der Waals surface area contributed by atoms with Gasteiger partial charge in [-0.25, -0.2) is 9.59 Å². The zero-order valence-electron chi connectivity index (χ0n) is 36.1. The molecule has 2 amide bonds. The first kappa shape index (κ1) is 44.7. The lowest BCUT2D eigenvalue weighted by molar-refractivity contribution is -0.167. The molecule has 6 rings (SSSR count). The largest absolute Gasteiger partial charge is 0.488 e. The summed E-state index contributed by atoms with van der Waals surface area (Å²) in [5.41, 5.74) is 4.76. The number of allylic oxidation sites excluding steroid dienone is 2. The van der Waals surface area contributed by atoms with Crippen molar-refractivity contribution >= 4 is 29.6 Å². The Morgan fingerprint density at radius 1 is 0.770 bits per heavy atom. The first-order valence-corrected chi connectivity index (χ1v) is 21.4. The topological polar surface area (TPSA) is 103 Å². The molecule has 0 spiro atoms. The maximum Gasteiger partial charge on any atom is 0.407 e. The van der Waals surface area contributed by atoms with Gasteiger partial charge in [-0.05, 0) is 85.5 Å². The minimum absolute atomic E-state index is 0.00489. The van der Waals surface area contributed by atoms with Crippen LogP contribution in [0.4, 0.5) is 4.79 Å². The molecule has 0 aliphatic heterocycles. The zero-order valence-corrected chi connectivity index (χ0v) is 36.9. The molecule has 2 N–H and O–H groups in total. The average molecular weight is 841 g/mol. The van der Waals surface area contributed by atoms with Gasteiger partial charge in [-0.1, -0.05) is 154 Å². The van der Waals surface area contributed by atoms with E-state index in [0.29, 0.717) is 16.3 Å². The molecule has 8 nitrogen and oxygen atoms in total. The standard InChI is InChI=1S/C52H57ClN2O6/c1-8-18-34(2)35(3)36(4)52(38-19-10-9-11-20-38,45-25-16-17-26-46(45)53)61-49(57)47(31-37-27-29-39(30-28-37)60-51(5,6)7)55-48(56)32-54-50(58)59-33-44-42-23-14-12-21-40(42)41-22-13-15-24-43(41)44/h8-30,34-36,44,47H,31-33H2,1-7H3,(H,54,58)(H,55,56)/b18-8-/t34?,35-,36+,47+,52?/m1/s1. The van der Waals surface area contributed by atoms with Crippen LogP contribution in [0.1, 0.15) is 82.2 Å². The average Bonchev–Trinajstić information content (AvgIpc) is 3.57. The number of carbonyl (C=O) groups is 3. The van der Waals surface area contributed by atoms with Crippen LogP contribution in [0.15, 0.2) is 140 Å². The molecule has 0 fully saturated rings. The highest BCUT2D eigenvalue weighted by atomic mass is 35.5. The lowest BCUT2D eigenvalue weighted by atomic mass is 9.68. The van der Waals surface area contributed by atoms with Crippen molar-refractivity contribution < 1.29 is 28.6 Å². The van der Waals surface area contributed by atoms with Gasteiger partial charge in [0.15, 0.2) is 5.60 Å². The maximum absolute atomic E-state index is 15.0. The van der Waals surface area contributed by atoms with Crippen molar-refractivity contribution in [2.45, 2.75) is 78.0 Å². The Morgan fingerprint density at radius 3 is 1.97 bits per heavy atom. The van der Waals surface area contributed by atoms with Gasteiger partial charge in [0.1, 0.15) is 30.5 Å². The maximum atomic E-state index is 15.0. The van der Waals surface area contributed by atoms with E-state index in [-0.39, 0.29) is 36.7 Å². The molecule has 318 valence electrons. The highest BCUT2D eigenvalue weighted by Crippen LogP contribution is 2.48. The van der Waals surface area contributed by atoms with Crippen LogP contribution < -0.4 is 15.4 Å². The number of benzene rings is 5. The number of halogens is 1. The van der Waals surface area contributed by atoms with Gasteiger partial charge in [-0.2, -0.15) is 0 Å². The number of hydrogen-bond donors (Lipinski definition) is 2. The van der Waals surface area contributed by atoms with Crippen molar-refractivity contribution in [2.75, 3.05) is 13.2 Å². The van der Waals surface area contributed by atoms with Gasteiger partial charge < -0.3 is 24.8 Å². The van der Waals surface area contributed by atoms with E-state index < -0.39 is 41.8 Å². The van der Waals surface area contributed by atoms with Crippen LogP contribution in [-0.2, 0) is 31.1 Å². The molecule has 0 bridgehead atoms. The van der Waals surface area contributed by atoms with Crippen LogP contribution in [-0.4, -0.2) is 42.8 Å². The third-order valence-electron chi connectivity index (χ3n) is 11.6. The minimum Gasteiger partial charge on any atom is -0.488 e. The molecule has 0 aromatic heterocycles. The van der Waals surface area contributed by atoms with E-state index in [0.717, 1.165) is 33.4 Å². The first-order chi connectivity index (χ1) is 29.2. The van der Waals surface area contributed by atoms with Crippen molar-refractivity contribution in [3.63, 3.8) is 0 Å². The van der Waals surface area contributed by atoms with Gasteiger partial charge in [-0.3, -0.25) is 4.79 Å². The quantitative estimate of drug-likeness (QED) is 0.0758. The third-order valence-corrected chi connectivity index (χ3v) is 12.0.